The molecule has 0 aliphatic carbocycles. The van der Waals surface area contributed by atoms with E-state index in [4.69, 9.17) is 0 Å². The summed E-state index contributed by atoms with van der Waals surface area (Å²) in [7, 11) is 0. The number of nitrogens with one attached hydrogen (secondary N) is 2. The van der Waals surface area contributed by atoms with Gasteiger partial charge in [-0.2, -0.15) is 0 Å². The van der Waals surface area contributed by atoms with Crippen molar-refractivity contribution in [2.75, 3.05) is 11.9 Å². The van der Waals surface area contributed by atoms with Gasteiger partial charge in [-0.15, -0.1) is 0 Å². The van der Waals surface area contributed by atoms with Gasteiger partial charge in [0.1, 0.15) is 11.4 Å². The minimum Gasteiger partial charge on any atom is -0.508 e. The third-order valence-corrected chi connectivity index (χ3v) is 3.38. The van der Waals surface area contributed by atoms with Crippen LogP contribution in [0.4, 0.5) is 11.4 Å². The number of nitro groups is 1. The maximum atomic E-state index is 10.9. The van der Waals surface area contributed by atoms with E-state index in [0.717, 1.165) is 19.4 Å². The highest BCUT2D eigenvalue weighted by Gasteiger charge is 2.20. The summed E-state index contributed by atoms with van der Waals surface area (Å²) in [6, 6.07) is 4.79. The largest absolute Gasteiger partial charge is 0.508 e. The molecule has 0 aromatic heterocycles. The van der Waals surface area contributed by atoms with Gasteiger partial charge in [0.25, 0.3) is 5.69 Å². The normalized spacial score (nSPS) is 20.2. The van der Waals surface area contributed by atoms with Crippen LogP contribution in [0.2, 0.25) is 0 Å². The van der Waals surface area contributed by atoms with Crippen molar-refractivity contribution in [1.82, 2.24) is 5.32 Å². The number of nitrogens with zero attached hydrogens (tertiary/aromatic N) is 1. The highest BCUT2D eigenvalue weighted by atomic mass is 16.6. The van der Waals surface area contributed by atoms with Crippen LogP contribution >= 0.6 is 0 Å². The van der Waals surface area contributed by atoms with Crippen molar-refractivity contribution in [2.24, 2.45) is 0 Å². The Labute approximate surface area is 112 Å². The van der Waals surface area contributed by atoms with Gasteiger partial charge in [-0.05, 0) is 44.9 Å². The van der Waals surface area contributed by atoms with E-state index in [1.807, 2.05) is 6.92 Å². The zero-order valence-electron chi connectivity index (χ0n) is 10.9. The Morgan fingerprint density at radius 2 is 2.42 bits per heavy atom. The Kier molecular flexibility index (Phi) is 4.21. The standard InChI is InChI=1S/C13H19N3O3/c1-9(7-10-3-2-6-14-10)15-12-5-4-11(17)8-13(12)16(18)19/h4-5,8-10,14-15,17H,2-3,6-7H2,1H3. The maximum absolute atomic E-state index is 10.9. The number of anilines is 1. The lowest BCUT2D eigenvalue weighted by atomic mass is 10.1. The van der Waals surface area contributed by atoms with E-state index in [1.54, 1.807) is 6.07 Å². The van der Waals surface area contributed by atoms with E-state index < -0.39 is 4.92 Å². The minimum atomic E-state index is -0.484. The maximum Gasteiger partial charge on any atom is 0.296 e. The van der Waals surface area contributed by atoms with Gasteiger partial charge in [0.05, 0.1) is 11.0 Å². The highest BCUT2D eigenvalue weighted by molar-refractivity contribution is 5.64. The van der Waals surface area contributed by atoms with Crippen LogP contribution in [-0.4, -0.2) is 28.7 Å². The zero-order chi connectivity index (χ0) is 13.8. The molecule has 3 N–H and O–H groups in total. The fourth-order valence-electron chi connectivity index (χ4n) is 2.50. The first-order valence-corrected chi connectivity index (χ1v) is 6.53. The number of rotatable bonds is 5. The molecule has 104 valence electrons. The molecular formula is C13H19N3O3. The van der Waals surface area contributed by atoms with Gasteiger partial charge in [-0.25, -0.2) is 0 Å². The van der Waals surface area contributed by atoms with Crippen LogP contribution in [0.25, 0.3) is 0 Å². The Bertz CT molecular complexity index is 458. The monoisotopic (exact) mass is 265 g/mol. The Morgan fingerprint density at radius 3 is 3.05 bits per heavy atom. The molecule has 1 fully saturated rings. The average molecular weight is 265 g/mol. The van der Waals surface area contributed by atoms with Crippen LogP contribution in [0, 0.1) is 10.1 Å². The number of hydrogen-bond acceptors (Lipinski definition) is 5. The quantitative estimate of drug-likeness (QED) is 0.432. The predicted molar refractivity (Wildman–Crippen MR) is 73.5 cm³/mol. The van der Waals surface area contributed by atoms with Crippen molar-refractivity contribution in [3.8, 4) is 5.75 Å². The molecule has 19 heavy (non-hydrogen) atoms. The molecule has 1 aliphatic heterocycles. The first-order chi connectivity index (χ1) is 9.06. The lowest BCUT2D eigenvalue weighted by Crippen LogP contribution is -2.29. The van der Waals surface area contributed by atoms with Crippen molar-refractivity contribution in [1.29, 1.82) is 0 Å². The van der Waals surface area contributed by atoms with Crippen molar-refractivity contribution in [3.63, 3.8) is 0 Å². The third kappa shape index (κ3) is 3.57. The van der Waals surface area contributed by atoms with Gasteiger partial charge >= 0.3 is 0 Å². The molecule has 6 nitrogen and oxygen atoms in total. The summed E-state index contributed by atoms with van der Waals surface area (Å²) in [4.78, 5) is 10.5. The van der Waals surface area contributed by atoms with Gasteiger partial charge in [-0.3, -0.25) is 10.1 Å². The lowest BCUT2D eigenvalue weighted by Gasteiger charge is -2.19. The summed E-state index contributed by atoms with van der Waals surface area (Å²) < 4.78 is 0. The molecule has 1 heterocycles. The van der Waals surface area contributed by atoms with E-state index in [-0.39, 0.29) is 17.5 Å². The van der Waals surface area contributed by atoms with Gasteiger partial charge in [0.15, 0.2) is 0 Å². The molecule has 2 rings (SSSR count). The van der Waals surface area contributed by atoms with Crippen LogP contribution in [0.5, 0.6) is 5.75 Å². The molecule has 1 aliphatic rings. The van der Waals surface area contributed by atoms with Crippen molar-refractivity contribution < 1.29 is 10.0 Å². The second-order valence-corrected chi connectivity index (χ2v) is 5.03. The van der Waals surface area contributed by atoms with Gasteiger partial charge in [-0.1, -0.05) is 0 Å². The topological polar surface area (TPSA) is 87.4 Å². The number of benzene rings is 1. The molecule has 1 aromatic rings. The number of hydrogen-bond donors (Lipinski definition) is 3. The fraction of sp³-hybridized carbons (Fsp3) is 0.538. The smallest absolute Gasteiger partial charge is 0.296 e. The highest BCUT2D eigenvalue weighted by Crippen LogP contribution is 2.29. The average Bonchev–Trinajstić information content (AvgIpc) is 2.83. The molecule has 0 spiro atoms. The van der Waals surface area contributed by atoms with Crippen LogP contribution < -0.4 is 10.6 Å². The molecule has 0 amide bonds. The first kappa shape index (κ1) is 13.6. The van der Waals surface area contributed by atoms with Crippen LogP contribution in [0.3, 0.4) is 0 Å². The SMILES string of the molecule is CC(CC1CCCN1)Nc1ccc(O)cc1[N+](=O)[O-]. The van der Waals surface area contributed by atoms with Crippen LogP contribution in [-0.2, 0) is 0 Å². The molecular weight excluding hydrogens is 246 g/mol. The van der Waals surface area contributed by atoms with E-state index in [1.165, 1.54) is 18.6 Å². The molecule has 2 unspecified atom stereocenters. The number of phenols is 1. The lowest BCUT2D eigenvalue weighted by molar-refractivity contribution is -0.384. The minimum absolute atomic E-state index is 0.0915. The summed E-state index contributed by atoms with van der Waals surface area (Å²) >= 11 is 0. The van der Waals surface area contributed by atoms with E-state index in [0.29, 0.717) is 11.7 Å². The summed E-state index contributed by atoms with van der Waals surface area (Å²) in [6.45, 7) is 3.06. The Balaban J connectivity index is 2.03. The predicted octanol–water partition coefficient (Wildman–Crippen LogP) is 2.24. The fourth-order valence-corrected chi connectivity index (χ4v) is 2.50. The molecule has 0 radical (unpaired) electrons. The summed E-state index contributed by atoms with van der Waals surface area (Å²) in [5.74, 6) is -0.0950. The van der Waals surface area contributed by atoms with Crippen molar-refractivity contribution in [3.05, 3.63) is 28.3 Å². The first-order valence-electron chi connectivity index (χ1n) is 6.53. The van der Waals surface area contributed by atoms with Crippen LogP contribution in [0.1, 0.15) is 26.2 Å². The Morgan fingerprint density at radius 1 is 1.63 bits per heavy atom. The molecule has 1 saturated heterocycles. The molecule has 0 saturated carbocycles. The summed E-state index contributed by atoms with van der Waals surface area (Å²) in [6.07, 6.45) is 3.28. The number of nitro benzene ring substituents is 1. The zero-order valence-corrected chi connectivity index (χ0v) is 10.9. The molecule has 6 heteroatoms. The van der Waals surface area contributed by atoms with E-state index in [9.17, 15) is 15.2 Å². The summed E-state index contributed by atoms with van der Waals surface area (Å²) in [5.41, 5.74) is 0.361. The van der Waals surface area contributed by atoms with E-state index in [2.05, 4.69) is 10.6 Å². The number of aromatic hydroxyl groups is 1. The molecule has 1 aromatic carbocycles. The van der Waals surface area contributed by atoms with Gasteiger partial charge in [0, 0.05) is 12.1 Å². The van der Waals surface area contributed by atoms with Crippen LogP contribution in [0.15, 0.2) is 18.2 Å². The Hall–Kier alpha value is -1.82. The molecule has 2 atom stereocenters. The molecule has 0 bridgehead atoms. The van der Waals surface area contributed by atoms with Gasteiger partial charge in [0.2, 0.25) is 0 Å². The van der Waals surface area contributed by atoms with E-state index >= 15 is 0 Å². The van der Waals surface area contributed by atoms with Crippen molar-refractivity contribution in [2.45, 2.75) is 38.3 Å². The van der Waals surface area contributed by atoms with Crippen molar-refractivity contribution >= 4 is 11.4 Å². The van der Waals surface area contributed by atoms with Gasteiger partial charge < -0.3 is 15.7 Å². The summed E-state index contributed by atoms with van der Waals surface area (Å²) in [5, 5.41) is 26.8. The second kappa shape index (κ2) is 5.88. The second-order valence-electron chi connectivity index (χ2n) is 5.03. The number of phenolic OH excluding ortho intramolecular Hbond substituents is 1. The third-order valence-electron chi connectivity index (χ3n) is 3.38.